The van der Waals surface area contributed by atoms with E-state index in [1.165, 1.54) is 24.3 Å². The normalized spacial score (nSPS) is 18.2. The molecule has 1 aromatic carbocycles. The first-order valence-corrected chi connectivity index (χ1v) is 7.72. The summed E-state index contributed by atoms with van der Waals surface area (Å²) in [6, 6.07) is 4.98. The second kappa shape index (κ2) is 7.55. The lowest BCUT2D eigenvalue weighted by molar-refractivity contribution is -0.274. The summed E-state index contributed by atoms with van der Waals surface area (Å²) in [5, 5.41) is 2.73. The number of alkyl halides is 3. The Morgan fingerprint density at radius 3 is 2.58 bits per heavy atom. The van der Waals surface area contributed by atoms with Crippen LogP contribution in [0.3, 0.4) is 0 Å². The predicted molar refractivity (Wildman–Crippen MR) is 80.2 cm³/mol. The largest absolute Gasteiger partial charge is 0.573 e. The molecule has 1 fully saturated rings. The maximum Gasteiger partial charge on any atom is 0.573 e. The molecule has 1 heterocycles. The van der Waals surface area contributed by atoms with E-state index in [1.807, 2.05) is 6.92 Å². The smallest absolute Gasteiger partial charge is 0.406 e. The van der Waals surface area contributed by atoms with Crippen LogP contribution in [-0.2, 0) is 16.0 Å². The second-order valence-electron chi connectivity index (χ2n) is 5.49. The minimum atomic E-state index is -4.72. The molecule has 1 aromatic rings. The third kappa shape index (κ3) is 4.87. The fraction of sp³-hybridized carbons (Fsp3) is 0.500. The van der Waals surface area contributed by atoms with Crippen LogP contribution in [0.5, 0.6) is 5.75 Å². The van der Waals surface area contributed by atoms with E-state index in [0.717, 1.165) is 5.56 Å². The monoisotopic (exact) mass is 344 g/mol. The summed E-state index contributed by atoms with van der Waals surface area (Å²) in [4.78, 5) is 25.6. The van der Waals surface area contributed by atoms with Gasteiger partial charge in [-0.15, -0.1) is 13.2 Å². The van der Waals surface area contributed by atoms with E-state index in [-0.39, 0.29) is 24.0 Å². The lowest BCUT2D eigenvalue weighted by Gasteiger charge is -2.34. The van der Waals surface area contributed by atoms with Gasteiger partial charge in [-0.2, -0.15) is 0 Å². The molecule has 1 unspecified atom stereocenters. The van der Waals surface area contributed by atoms with Crippen molar-refractivity contribution in [3.63, 3.8) is 0 Å². The van der Waals surface area contributed by atoms with Crippen LogP contribution in [0.2, 0.25) is 0 Å². The molecule has 0 bridgehead atoms. The van der Waals surface area contributed by atoms with Crippen molar-refractivity contribution < 1.29 is 27.5 Å². The molecule has 1 aliphatic heterocycles. The Labute approximate surface area is 137 Å². The number of aryl methyl sites for hydroxylation is 1. The molecule has 0 radical (unpaired) electrons. The number of benzene rings is 1. The maximum atomic E-state index is 12.3. The van der Waals surface area contributed by atoms with E-state index in [9.17, 15) is 22.8 Å². The Hall–Kier alpha value is -2.25. The number of amides is 2. The standard InChI is InChI=1S/C16H19F3N2O3/c1-2-13-15(23)20-9-10-21(13)14(22)8-5-11-3-6-12(7-4-11)24-16(17,18)19/h3-4,6-7,13H,2,5,8-10H2,1H3,(H,20,23). The Morgan fingerprint density at radius 1 is 1.33 bits per heavy atom. The molecule has 1 aliphatic rings. The molecule has 5 nitrogen and oxygen atoms in total. The molecule has 24 heavy (non-hydrogen) atoms. The Balaban J connectivity index is 1.90. The van der Waals surface area contributed by atoms with Crippen LogP contribution >= 0.6 is 0 Å². The first-order chi connectivity index (χ1) is 11.3. The first kappa shape index (κ1) is 18.1. The molecule has 0 saturated carbocycles. The number of nitrogens with one attached hydrogen (secondary N) is 1. The van der Waals surface area contributed by atoms with E-state index < -0.39 is 12.4 Å². The molecular weight excluding hydrogens is 325 g/mol. The summed E-state index contributed by atoms with van der Waals surface area (Å²) < 4.78 is 40.1. The molecule has 2 rings (SSSR count). The highest BCUT2D eigenvalue weighted by Crippen LogP contribution is 2.23. The SMILES string of the molecule is CCC1C(=O)NCCN1C(=O)CCc1ccc(OC(F)(F)F)cc1. The molecule has 8 heteroatoms. The highest BCUT2D eigenvalue weighted by Gasteiger charge is 2.32. The van der Waals surface area contributed by atoms with E-state index in [2.05, 4.69) is 10.1 Å². The molecule has 0 aromatic heterocycles. The van der Waals surface area contributed by atoms with Crippen LogP contribution in [0.4, 0.5) is 13.2 Å². The van der Waals surface area contributed by atoms with Crippen molar-refractivity contribution in [1.82, 2.24) is 10.2 Å². The Morgan fingerprint density at radius 2 is 2.00 bits per heavy atom. The van der Waals surface area contributed by atoms with Gasteiger partial charge in [0.1, 0.15) is 11.8 Å². The van der Waals surface area contributed by atoms with Gasteiger partial charge in [0.2, 0.25) is 11.8 Å². The van der Waals surface area contributed by atoms with Crippen molar-refractivity contribution in [1.29, 1.82) is 0 Å². The van der Waals surface area contributed by atoms with Crippen molar-refractivity contribution in [3.8, 4) is 5.75 Å². The molecule has 1 atom stereocenters. The van der Waals surface area contributed by atoms with Gasteiger partial charge in [-0.25, -0.2) is 0 Å². The van der Waals surface area contributed by atoms with Gasteiger partial charge in [0, 0.05) is 19.5 Å². The van der Waals surface area contributed by atoms with Crippen LogP contribution in [0.15, 0.2) is 24.3 Å². The number of ether oxygens (including phenoxy) is 1. The molecule has 1 N–H and O–H groups in total. The number of halogens is 3. The average molecular weight is 344 g/mol. The number of rotatable bonds is 5. The highest BCUT2D eigenvalue weighted by molar-refractivity contribution is 5.88. The predicted octanol–water partition coefficient (Wildman–Crippen LogP) is 2.25. The quantitative estimate of drug-likeness (QED) is 0.891. The molecular formula is C16H19F3N2O3. The highest BCUT2D eigenvalue weighted by atomic mass is 19.4. The van der Waals surface area contributed by atoms with Gasteiger partial charge >= 0.3 is 6.36 Å². The van der Waals surface area contributed by atoms with Crippen LogP contribution in [-0.4, -0.2) is 42.2 Å². The third-order valence-corrected chi connectivity index (χ3v) is 3.82. The van der Waals surface area contributed by atoms with E-state index in [1.54, 1.807) is 4.90 Å². The third-order valence-electron chi connectivity index (χ3n) is 3.82. The molecule has 0 aliphatic carbocycles. The minimum absolute atomic E-state index is 0.132. The van der Waals surface area contributed by atoms with Crippen molar-refractivity contribution in [3.05, 3.63) is 29.8 Å². The average Bonchev–Trinajstić information content (AvgIpc) is 2.52. The number of carbonyl (C=O) groups is 2. The summed E-state index contributed by atoms with van der Waals surface area (Å²) in [7, 11) is 0. The molecule has 1 saturated heterocycles. The first-order valence-electron chi connectivity index (χ1n) is 7.72. The molecule has 132 valence electrons. The van der Waals surface area contributed by atoms with Gasteiger partial charge in [0.15, 0.2) is 0 Å². The summed E-state index contributed by atoms with van der Waals surface area (Å²) in [6.45, 7) is 2.75. The number of hydrogen-bond donors (Lipinski definition) is 1. The summed E-state index contributed by atoms with van der Waals surface area (Å²) in [5.74, 6) is -0.575. The van der Waals surface area contributed by atoms with Crippen molar-refractivity contribution in [2.45, 2.75) is 38.6 Å². The number of nitrogens with zero attached hydrogens (tertiary/aromatic N) is 1. The number of piperazine rings is 1. The summed E-state index contributed by atoms with van der Waals surface area (Å²) in [6.07, 6.45) is -3.59. The summed E-state index contributed by atoms with van der Waals surface area (Å²) >= 11 is 0. The maximum absolute atomic E-state index is 12.3. The zero-order valence-corrected chi connectivity index (χ0v) is 13.2. The van der Waals surface area contributed by atoms with Gasteiger partial charge in [0.05, 0.1) is 0 Å². The van der Waals surface area contributed by atoms with E-state index in [4.69, 9.17) is 0 Å². The summed E-state index contributed by atoms with van der Waals surface area (Å²) in [5.41, 5.74) is 0.729. The van der Waals surface area contributed by atoms with Gasteiger partial charge in [-0.05, 0) is 30.5 Å². The van der Waals surface area contributed by atoms with Gasteiger partial charge < -0.3 is 15.0 Å². The minimum Gasteiger partial charge on any atom is -0.406 e. The van der Waals surface area contributed by atoms with Crippen LogP contribution < -0.4 is 10.1 Å². The second-order valence-corrected chi connectivity index (χ2v) is 5.49. The number of carbonyl (C=O) groups excluding carboxylic acids is 2. The van der Waals surface area contributed by atoms with E-state index >= 15 is 0 Å². The zero-order valence-electron chi connectivity index (χ0n) is 13.2. The topological polar surface area (TPSA) is 58.6 Å². The van der Waals surface area contributed by atoms with Gasteiger partial charge in [0.25, 0.3) is 0 Å². The van der Waals surface area contributed by atoms with Crippen molar-refractivity contribution in [2.24, 2.45) is 0 Å². The van der Waals surface area contributed by atoms with E-state index in [0.29, 0.717) is 25.9 Å². The molecule has 2 amide bonds. The number of hydrogen-bond acceptors (Lipinski definition) is 3. The van der Waals surface area contributed by atoms with Crippen molar-refractivity contribution >= 4 is 11.8 Å². The fourth-order valence-corrected chi connectivity index (χ4v) is 2.67. The molecule has 0 spiro atoms. The zero-order chi connectivity index (χ0) is 17.7. The van der Waals surface area contributed by atoms with Crippen molar-refractivity contribution in [2.75, 3.05) is 13.1 Å². The van der Waals surface area contributed by atoms with Crippen LogP contribution in [0, 0.1) is 0 Å². The Kier molecular flexibility index (Phi) is 5.69. The fourth-order valence-electron chi connectivity index (χ4n) is 2.67. The van der Waals surface area contributed by atoms with Gasteiger partial charge in [-0.1, -0.05) is 19.1 Å². The lowest BCUT2D eigenvalue weighted by Crippen LogP contribution is -2.56. The van der Waals surface area contributed by atoms with Crippen LogP contribution in [0.25, 0.3) is 0 Å². The lowest BCUT2D eigenvalue weighted by atomic mass is 10.1. The van der Waals surface area contributed by atoms with Crippen LogP contribution in [0.1, 0.15) is 25.3 Å². The Bertz CT molecular complexity index is 587. The van der Waals surface area contributed by atoms with Gasteiger partial charge in [-0.3, -0.25) is 9.59 Å².